The summed E-state index contributed by atoms with van der Waals surface area (Å²) in [5, 5.41) is 0. The van der Waals surface area contributed by atoms with Crippen molar-refractivity contribution in [3.8, 4) is 5.75 Å². The molecule has 1 fully saturated rings. The number of benzene rings is 1. The van der Waals surface area contributed by atoms with Crippen molar-refractivity contribution >= 4 is 17.6 Å². The second-order valence-electron chi connectivity index (χ2n) is 11.5. The lowest BCUT2D eigenvalue weighted by atomic mass is 9.67. The van der Waals surface area contributed by atoms with Crippen LogP contribution in [0.1, 0.15) is 74.6 Å². The van der Waals surface area contributed by atoms with E-state index in [4.69, 9.17) is 14.2 Å². The Morgan fingerprint density at radius 1 is 1.10 bits per heavy atom. The van der Waals surface area contributed by atoms with Gasteiger partial charge in [0, 0.05) is 51.1 Å². The molecule has 1 aromatic heterocycles. The van der Waals surface area contributed by atoms with E-state index >= 15 is 0 Å². The van der Waals surface area contributed by atoms with E-state index in [2.05, 4.69) is 11.1 Å². The lowest BCUT2D eigenvalue weighted by Crippen LogP contribution is -2.46. The molecule has 8 nitrogen and oxygen atoms in total. The number of nitrogens with zero attached hydrogens (tertiary/aromatic N) is 3. The van der Waals surface area contributed by atoms with Crippen LogP contribution in [0.15, 0.2) is 36.5 Å². The Morgan fingerprint density at radius 2 is 1.80 bits per heavy atom. The molecule has 40 heavy (non-hydrogen) atoms. The lowest BCUT2D eigenvalue weighted by molar-refractivity contribution is 0.0143. The molecule has 0 saturated carbocycles. The van der Waals surface area contributed by atoms with Gasteiger partial charge >= 0.3 is 6.09 Å². The first-order valence-electron chi connectivity index (χ1n) is 13.9. The number of hydrogen-bond donors (Lipinski definition) is 0. The average Bonchev–Trinajstić information content (AvgIpc) is 2.91. The highest BCUT2D eigenvalue weighted by Crippen LogP contribution is 2.47. The predicted molar refractivity (Wildman–Crippen MR) is 151 cm³/mol. The zero-order valence-electron chi connectivity index (χ0n) is 24.4. The molecule has 0 atom stereocenters. The van der Waals surface area contributed by atoms with Gasteiger partial charge in [0.2, 0.25) is 0 Å². The van der Waals surface area contributed by atoms with Gasteiger partial charge in [-0.05, 0) is 88.1 Å². The summed E-state index contributed by atoms with van der Waals surface area (Å²) in [6.45, 7) is 11.6. The van der Waals surface area contributed by atoms with Gasteiger partial charge in [0.15, 0.2) is 6.79 Å². The monoisotopic (exact) mass is 553 g/mol. The number of piperidine rings is 1. The average molecular weight is 554 g/mol. The molecule has 1 aliphatic heterocycles. The van der Waals surface area contributed by atoms with Crippen LogP contribution in [0, 0.1) is 11.2 Å². The lowest BCUT2D eigenvalue weighted by Gasteiger charge is -2.43. The van der Waals surface area contributed by atoms with Gasteiger partial charge in [-0.1, -0.05) is 12.1 Å². The van der Waals surface area contributed by atoms with Crippen molar-refractivity contribution in [1.82, 2.24) is 14.8 Å². The van der Waals surface area contributed by atoms with Gasteiger partial charge in [-0.25, -0.2) is 9.18 Å². The third-order valence-electron chi connectivity index (χ3n) is 7.52. The SMILES string of the molecule is CCN(CC)C(=O)c1cc(OCOC)c(C2=CC3(CCN(C(=O)OC(C)(C)C)CC3)Cc3ccc(F)cc32)cn1. The summed E-state index contributed by atoms with van der Waals surface area (Å²) in [5.41, 5.74) is 2.72. The smallest absolute Gasteiger partial charge is 0.410 e. The Morgan fingerprint density at radius 3 is 2.42 bits per heavy atom. The maximum Gasteiger partial charge on any atom is 0.410 e. The molecule has 2 aromatic rings. The summed E-state index contributed by atoms with van der Waals surface area (Å²) < 4.78 is 31.3. The van der Waals surface area contributed by atoms with E-state index < -0.39 is 5.60 Å². The highest BCUT2D eigenvalue weighted by atomic mass is 19.1. The number of carbonyl (C=O) groups excluding carboxylic acids is 2. The van der Waals surface area contributed by atoms with Crippen LogP contribution >= 0.6 is 0 Å². The molecule has 1 spiro atoms. The minimum absolute atomic E-state index is 0.0187. The molecule has 9 heteroatoms. The molecule has 0 N–H and O–H groups in total. The van der Waals surface area contributed by atoms with E-state index in [9.17, 15) is 14.0 Å². The van der Waals surface area contributed by atoms with Crippen LogP contribution in [-0.2, 0) is 15.9 Å². The predicted octanol–water partition coefficient (Wildman–Crippen LogP) is 5.69. The fourth-order valence-corrected chi connectivity index (χ4v) is 5.44. The molecule has 2 aliphatic rings. The highest BCUT2D eigenvalue weighted by molar-refractivity contribution is 5.94. The second kappa shape index (κ2) is 12.0. The van der Waals surface area contributed by atoms with Crippen molar-refractivity contribution in [2.45, 2.75) is 59.5 Å². The van der Waals surface area contributed by atoms with Crippen LogP contribution < -0.4 is 4.74 Å². The number of methoxy groups -OCH3 is 1. The van der Waals surface area contributed by atoms with Crippen LogP contribution in [0.25, 0.3) is 5.57 Å². The maximum atomic E-state index is 14.5. The van der Waals surface area contributed by atoms with E-state index in [0.29, 0.717) is 37.5 Å². The Kier molecular flexibility index (Phi) is 8.83. The summed E-state index contributed by atoms with van der Waals surface area (Å²) >= 11 is 0. The van der Waals surface area contributed by atoms with Gasteiger partial charge in [-0.15, -0.1) is 0 Å². The van der Waals surface area contributed by atoms with Crippen molar-refractivity contribution in [3.05, 3.63) is 64.7 Å². The summed E-state index contributed by atoms with van der Waals surface area (Å²) in [4.78, 5) is 33.7. The summed E-state index contributed by atoms with van der Waals surface area (Å²) in [5.74, 6) is -0.0769. The molecule has 1 saturated heterocycles. The van der Waals surface area contributed by atoms with Gasteiger partial charge in [0.05, 0.1) is 0 Å². The van der Waals surface area contributed by atoms with Crippen LogP contribution in [0.4, 0.5) is 9.18 Å². The summed E-state index contributed by atoms with van der Waals surface area (Å²) in [6, 6.07) is 6.50. The highest BCUT2D eigenvalue weighted by Gasteiger charge is 2.39. The number of pyridine rings is 1. The topological polar surface area (TPSA) is 81.2 Å². The maximum absolute atomic E-state index is 14.5. The summed E-state index contributed by atoms with van der Waals surface area (Å²) in [6.07, 6.45) is 5.70. The number of ether oxygens (including phenoxy) is 3. The second-order valence-corrected chi connectivity index (χ2v) is 11.5. The fraction of sp³-hybridized carbons (Fsp3) is 0.516. The van der Waals surface area contributed by atoms with Gasteiger partial charge in [0.25, 0.3) is 5.91 Å². The van der Waals surface area contributed by atoms with E-state index in [0.717, 1.165) is 36.0 Å². The van der Waals surface area contributed by atoms with Crippen LogP contribution in [0.2, 0.25) is 0 Å². The number of halogens is 1. The van der Waals surface area contributed by atoms with Gasteiger partial charge < -0.3 is 24.0 Å². The van der Waals surface area contributed by atoms with Crippen molar-refractivity contribution in [2.24, 2.45) is 5.41 Å². The molecular formula is C31H40FN3O5. The van der Waals surface area contributed by atoms with E-state index in [-0.39, 0.29) is 35.7 Å². The van der Waals surface area contributed by atoms with Crippen molar-refractivity contribution in [2.75, 3.05) is 40.1 Å². The van der Waals surface area contributed by atoms with Crippen LogP contribution in [0.5, 0.6) is 5.75 Å². The number of likely N-dealkylation sites (tertiary alicyclic amines) is 1. The van der Waals surface area contributed by atoms with E-state index in [1.54, 1.807) is 28.1 Å². The Hall–Kier alpha value is -3.46. The van der Waals surface area contributed by atoms with Crippen molar-refractivity contribution in [3.63, 3.8) is 0 Å². The third-order valence-corrected chi connectivity index (χ3v) is 7.52. The van der Waals surface area contributed by atoms with E-state index in [1.807, 2.05) is 40.7 Å². The molecule has 4 rings (SSSR count). The zero-order chi connectivity index (χ0) is 29.1. The van der Waals surface area contributed by atoms with Crippen molar-refractivity contribution < 1.29 is 28.2 Å². The first kappa shape index (κ1) is 29.5. The fourth-order valence-electron chi connectivity index (χ4n) is 5.44. The molecular weight excluding hydrogens is 513 g/mol. The minimum Gasteiger partial charge on any atom is -0.467 e. The third kappa shape index (κ3) is 6.46. The molecule has 1 aliphatic carbocycles. The van der Waals surface area contributed by atoms with Crippen LogP contribution in [0.3, 0.4) is 0 Å². The minimum atomic E-state index is -0.558. The standard InChI is InChI=1S/C31H40FN3O5/c1-7-34(8-2)28(36)26-16-27(39-20-38-6)25(19-33-26)24-18-31(17-21-9-10-22(32)15-23(21)24)11-13-35(14-12-31)29(37)40-30(3,4)5/h9-10,15-16,18-19H,7-8,11-14,17,20H2,1-6H3. The largest absolute Gasteiger partial charge is 0.467 e. The number of carbonyl (C=O) groups is 2. The summed E-state index contributed by atoms with van der Waals surface area (Å²) in [7, 11) is 1.53. The molecule has 2 amide bonds. The van der Waals surface area contributed by atoms with Crippen LogP contribution in [-0.4, -0.2) is 72.5 Å². The van der Waals surface area contributed by atoms with Crippen molar-refractivity contribution in [1.29, 1.82) is 0 Å². The van der Waals surface area contributed by atoms with E-state index in [1.165, 1.54) is 13.2 Å². The van der Waals surface area contributed by atoms with Gasteiger partial charge in [-0.2, -0.15) is 0 Å². The number of aromatic nitrogens is 1. The molecule has 216 valence electrons. The Bertz CT molecular complexity index is 1270. The molecule has 2 heterocycles. The Labute approximate surface area is 236 Å². The normalized spacial score (nSPS) is 16.3. The zero-order valence-corrected chi connectivity index (χ0v) is 24.4. The molecule has 0 radical (unpaired) electrons. The molecule has 1 aromatic carbocycles. The van der Waals surface area contributed by atoms with Gasteiger partial charge in [0.1, 0.15) is 22.9 Å². The molecule has 0 bridgehead atoms. The number of fused-ring (bicyclic) bond motifs is 1. The van der Waals surface area contributed by atoms with Gasteiger partial charge in [-0.3, -0.25) is 9.78 Å². The number of hydrogen-bond acceptors (Lipinski definition) is 6. The first-order valence-corrected chi connectivity index (χ1v) is 13.9. The quantitative estimate of drug-likeness (QED) is 0.410. The number of amides is 2. The number of allylic oxidation sites excluding steroid dienone is 1. The first-order chi connectivity index (χ1) is 19.0. The molecule has 0 unspecified atom stereocenters. The Balaban J connectivity index is 1.74. The number of rotatable bonds is 7.